The van der Waals surface area contributed by atoms with Crippen molar-refractivity contribution >= 4 is 22.4 Å². The zero-order chi connectivity index (χ0) is 21.3. The number of anilines is 1. The lowest BCUT2D eigenvalue weighted by atomic mass is 10.1. The second-order valence-electron chi connectivity index (χ2n) is 6.44. The number of aromatic nitrogens is 1. The molecule has 1 amide bonds. The Labute approximate surface area is 179 Å². The van der Waals surface area contributed by atoms with Crippen LogP contribution in [0.3, 0.4) is 0 Å². The van der Waals surface area contributed by atoms with Gasteiger partial charge in [-0.05, 0) is 24.3 Å². The number of carbonyl (C=O) groups excluding carboxylic acids is 1. The first-order valence-corrected chi connectivity index (χ1v) is 10.2. The Morgan fingerprint density at radius 3 is 2.80 bits per heavy atom. The summed E-state index contributed by atoms with van der Waals surface area (Å²) in [4.78, 5) is 19.1. The number of thiazole rings is 1. The summed E-state index contributed by atoms with van der Waals surface area (Å²) in [7, 11) is 4.84. The van der Waals surface area contributed by atoms with Crippen molar-refractivity contribution in [3.05, 3.63) is 47.7 Å². The number of ether oxygens (including phenoxy) is 3. The quantitative estimate of drug-likeness (QED) is 0.497. The first kappa shape index (κ1) is 21.8. The van der Waals surface area contributed by atoms with Gasteiger partial charge in [0.15, 0.2) is 5.13 Å². The van der Waals surface area contributed by atoms with E-state index in [2.05, 4.69) is 10.3 Å². The molecule has 0 spiro atoms. The second-order valence-corrected chi connectivity index (χ2v) is 7.29. The van der Waals surface area contributed by atoms with Crippen LogP contribution < -0.4 is 14.8 Å². The van der Waals surface area contributed by atoms with E-state index in [9.17, 15) is 4.79 Å². The van der Waals surface area contributed by atoms with E-state index >= 15 is 0 Å². The Hall–Kier alpha value is -2.88. The van der Waals surface area contributed by atoms with Gasteiger partial charge < -0.3 is 23.9 Å². The molecule has 8 nitrogen and oxygen atoms in total. The largest absolute Gasteiger partial charge is 0.497 e. The number of amides is 1. The van der Waals surface area contributed by atoms with Gasteiger partial charge in [-0.2, -0.15) is 0 Å². The average molecular weight is 432 g/mol. The van der Waals surface area contributed by atoms with Crippen LogP contribution in [0.15, 0.2) is 46.4 Å². The van der Waals surface area contributed by atoms with Crippen molar-refractivity contribution < 1.29 is 23.4 Å². The van der Waals surface area contributed by atoms with Gasteiger partial charge in [-0.15, -0.1) is 11.3 Å². The predicted molar refractivity (Wildman–Crippen MR) is 115 cm³/mol. The maximum atomic E-state index is 12.6. The van der Waals surface area contributed by atoms with Crippen LogP contribution >= 0.6 is 11.3 Å². The number of benzene rings is 1. The number of nitrogens with one attached hydrogen (secondary N) is 1. The number of hydrogen-bond acceptors (Lipinski definition) is 8. The molecular weight excluding hydrogens is 406 g/mol. The molecule has 0 unspecified atom stereocenters. The molecule has 3 aromatic rings. The fraction of sp³-hybridized carbons (Fsp3) is 0.333. The molecule has 0 aliphatic carbocycles. The third kappa shape index (κ3) is 5.82. The normalized spacial score (nSPS) is 10.9. The molecule has 0 radical (unpaired) electrons. The summed E-state index contributed by atoms with van der Waals surface area (Å²) < 4.78 is 21.2. The van der Waals surface area contributed by atoms with Gasteiger partial charge in [0.05, 0.1) is 45.9 Å². The molecule has 0 atom stereocenters. The first-order chi connectivity index (χ1) is 14.6. The summed E-state index contributed by atoms with van der Waals surface area (Å²) in [6.07, 6.45) is 1.62. The summed E-state index contributed by atoms with van der Waals surface area (Å²) >= 11 is 1.36. The van der Waals surface area contributed by atoms with Gasteiger partial charge >= 0.3 is 0 Å². The van der Waals surface area contributed by atoms with E-state index in [0.717, 1.165) is 17.0 Å². The van der Waals surface area contributed by atoms with Crippen LogP contribution in [0, 0.1) is 0 Å². The van der Waals surface area contributed by atoms with Gasteiger partial charge in [-0.1, -0.05) is 0 Å². The highest BCUT2D eigenvalue weighted by Crippen LogP contribution is 2.34. The highest BCUT2D eigenvalue weighted by molar-refractivity contribution is 7.14. The van der Waals surface area contributed by atoms with Crippen molar-refractivity contribution in [2.45, 2.75) is 6.54 Å². The predicted octanol–water partition coefficient (Wildman–Crippen LogP) is 3.51. The Kier molecular flexibility index (Phi) is 7.83. The van der Waals surface area contributed by atoms with Crippen LogP contribution in [0.25, 0.3) is 11.3 Å². The van der Waals surface area contributed by atoms with E-state index in [1.165, 1.54) is 11.3 Å². The fourth-order valence-electron chi connectivity index (χ4n) is 2.88. The maximum absolute atomic E-state index is 12.6. The molecule has 0 aliphatic heterocycles. The zero-order valence-corrected chi connectivity index (χ0v) is 18.0. The number of methoxy groups -OCH3 is 3. The first-order valence-electron chi connectivity index (χ1n) is 9.34. The summed E-state index contributed by atoms with van der Waals surface area (Å²) in [5.41, 5.74) is 1.55. The monoisotopic (exact) mass is 431 g/mol. The summed E-state index contributed by atoms with van der Waals surface area (Å²) in [5, 5.41) is 5.27. The molecule has 30 heavy (non-hydrogen) atoms. The third-order valence-corrected chi connectivity index (χ3v) is 5.13. The smallest absolute Gasteiger partial charge is 0.240 e. The highest BCUT2D eigenvalue weighted by Gasteiger charge is 2.16. The van der Waals surface area contributed by atoms with Crippen molar-refractivity contribution in [1.29, 1.82) is 0 Å². The number of nitrogens with zero attached hydrogens (tertiary/aromatic N) is 2. The van der Waals surface area contributed by atoms with Crippen LogP contribution in [0.5, 0.6) is 11.5 Å². The average Bonchev–Trinajstić information content (AvgIpc) is 3.43. The number of carbonyl (C=O) groups is 1. The number of furan rings is 1. The van der Waals surface area contributed by atoms with Crippen molar-refractivity contribution in [2.24, 2.45) is 0 Å². The Balaban J connectivity index is 1.65. The van der Waals surface area contributed by atoms with Crippen LogP contribution in [0.4, 0.5) is 5.13 Å². The highest BCUT2D eigenvalue weighted by atomic mass is 32.1. The van der Waals surface area contributed by atoms with Crippen LogP contribution in [0.2, 0.25) is 0 Å². The molecule has 1 N–H and O–H groups in total. The second kappa shape index (κ2) is 10.8. The molecule has 0 aliphatic rings. The topological polar surface area (TPSA) is 86.1 Å². The van der Waals surface area contributed by atoms with Crippen LogP contribution in [0.1, 0.15) is 5.76 Å². The van der Waals surface area contributed by atoms with Crippen molar-refractivity contribution in [3.63, 3.8) is 0 Å². The van der Waals surface area contributed by atoms with E-state index in [1.807, 2.05) is 34.5 Å². The van der Waals surface area contributed by atoms with Gasteiger partial charge in [0.2, 0.25) is 5.91 Å². The minimum atomic E-state index is -0.153. The van der Waals surface area contributed by atoms with E-state index in [0.29, 0.717) is 36.3 Å². The molecule has 160 valence electrons. The molecule has 2 heterocycles. The molecule has 0 saturated heterocycles. The molecule has 3 rings (SSSR count). The van der Waals surface area contributed by atoms with Crippen molar-refractivity contribution in [1.82, 2.24) is 9.88 Å². The van der Waals surface area contributed by atoms with Gasteiger partial charge in [-0.25, -0.2) is 4.98 Å². The Morgan fingerprint density at radius 2 is 2.10 bits per heavy atom. The number of hydrogen-bond donors (Lipinski definition) is 1. The van der Waals surface area contributed by atoms with Gasteiger partial charge in [-0.3, -0.25) is 9.69 Å². The van der Waals surface area contributed by atoms with Gasteiger partial charge in [0.1, 0.15) is 17.3 Å². The van der Waals surface area contributed by atoms with Crippen molar-refractivity contribution in [3.8, 4) is 22.8 Å². The molecular formula is C21H25N3O5S. The van der Waals surface area contributed by atoms with E-state index in [-0.39, 0.29) is 12.5 Å². The van der Waals surface area contributed by atoms with Gasteiger partial charge in [0, 0.05) is 30.7 Å². The summed E-state index contributed by atoms with van der Waals surface area (Å²) in [6.45, 7) is 1.85. The minimum Gasteiger partial charge on any atom is -0.497 e. The lowest BCUT2D eigenvalue weighted by Gasteiger charge is -2.19. The molecule has 2 aromatic heterocycles. The Bertz CT molecular complexity index is 942. The molecule has 0 fully saturated rings. The van der Waals surface area contributed by atoms with Gasteiger partial charge in [0.25, 0.3) is 0 Å². The standard InChI is InChI=1S/C21H25N3O5S/c1-26-10-8-24(12-16-5-4-9-29-16)13-20(25)23-21-22-18(14-30-21)17-7-6-15(27-2)11-19(17)28-3/h4-7,9,11,14H,8,10,12-13H2,1-3H3,(H,22,23,25). The number of rotatable bonds is 11. The lowest BCUT2D eigenvalue weighted by molar-refractivity contribution is -0.117. The van der Waals surface area contributed by atoms with Crippen molar-refractivity contribution in [2.75, 3.05) is 46.3 Å². The maximum Gasteiger partial charge on any atom is 0.240 e. The fourth-order valence-corrected chi connectivity index (χ4v) is 3.61. The molecule has 0 bridgehead atoms. The molecule has 9 heteroatoms. The lowest BCUT2D eigenvalue weighted by Crippen LogP contribution is -2.35. The SMILES string of the molecule is COCCN(CC(=O)Nc1nc(-c2ccc(OC)cc2OC)cs1)Cc1ccco1. The summed E-state index contributed by atoms with van der Waals surface area (Å²) in [5.74, 6) is 2.00. The van der Waals surface area contributed by atoms with E-state index in [1.54, 1.807) is 33.7 Å². The minimum absolute atomic E-state index is 0.153. The zero-order valence-electron chi connectivity index (χ0n) is 17.2. The Morgan fingerprint density at radius 1 is 1.23 bits per heavy atom. The van der Waals surface area contributed by atoms with E-state index < -0.39 is 0 Å². The van der Waals surface area contributed by atoms with Crippen LogP contribution in [-0.4, -0.2) is 56.8 Å². The van der Waals surface area contributed by atoms with E-state index in [4.69, 9.17) is 18.6 Å². The van der Waals surface area contributed by atoms with Crippen LogP contribution in [-0.2, 0) is 16.1 Å². The summed E-state index contributed by atoms with van der Waals surface area (Å²) in [6, 6.07) is 9.24. The molecule has 0 saturated carbocycles. The third-order valence-electron chi connectivity index (χ3n) is 4.37. The molecule has 1 aromatic carbocycles.